The van der Waals surface area contributed by atoms with Crippen molar-refractivity contribution in [2.75, 3.05) is 20.3 Å². The van der Waals surface area contributed by atoms with Crippen LogP contribution in [0.25, 0.3) is 11.3 Å². The predicted molar refractivity (Wildman–Crippen MR) is 130 cm³/mol. The molecule has 0 saturated carbocycles. The van der Waals surface area contributed by atoms with Crippen LogP contribution in [0.5, 0.6) is 5.75 Å². The summed E-state index contributed by atoms with van der Waals surface area (Å²) in [4.78, 5) is 12.9. The van der Waals surface area contributed by atoms with Crippen molar-refractivity contribution in [1.82, 2.24) is 20.3 Å². The number of hydrogen-bond acceptors (Lipinski definition) is 9. The lowest BCUT2D eigenvalue weighted by atomic mass is 9.86. The fourth-order valence-corrected chi connectivity index (χ4v) is 5.16. The van der Waals surface area contributed by atoms with Crippen molar-refractivity contribution in [3.8, 4) is 17.0 Å². The summed E-state index contributed by atoms with van der Waals surface area (Å²) in [6.07, 6.45) is -3.00. The second kappa shape index (κ2) is 11.1. The van der Waals surface area contributed by atoms with Crippen molar-refractivity contribution in [3.05, 3.63) is 65.6 Å². The van der Waals surface area contributed by atoms with Crippen LogP contribution in [0, 0.1) is 17.5 Å². The number of amides is 1. The Balaban J connectivity index is 1.41. The lowest BCUT2D eigenvalue weighted by Crippen LogP contribution is -2.69. The number of nitrogens with zero attached hydrogens (tertiary/aromatic N) is 3. The molecule has 2 aliphatic rings. The fourth-order valence-electron chi connectivity index (χ4n) is 5.16. The molecule has 214 valence electrons. The minimum Gasteiger partial charge on any atom is -0.497 e. The first-order chi connectivity index (χ1) is 19.2. The smallest absolute Gasteiger partial charge is 0.224 e. The van der Waals surface area contributed by atoms with Crippen LogP contribution in [0.3, 0.4) is 0 Å². The zero-order chi connectivity index (χ0) is 28.6. The molecule has 0 radical (unpaired) electrons. The number of aromatic nitrogens is 3. The highest BCUT2D eigenvalue weighted by atomic mass is 19.2. The number of ether oxygens (including phenoxy) is 3. The largest absolute Gasteiger partial charge is 0.497 e. The van der Waals surface area contributed by atoms with Gasteiger partial charge in [0.1, 0.15) is 35.8 Å². The Morgan fingerprint density at radius 1 is 1.23 bits per heavy atom. The molecule has 0 unspecified atom stereocenters. The molecule has 3 heterocycles. The van der Waals surface area contributed by atoms with Gasteiger partial charge in [0.2, 0.25) is 11.7 Å². The Labute approximate surface area is 226 Å². The normalized spacial score (nSPS) is 28.1. The molecular weight excluding hydrogens is 537 g/mol. The highest BCUT2D eigenvalue weighted by molar-refractivity contribution is 5.79. The van der Waals surface area contributed by atoms with E-state index in [0.717, 1.165) is 16.8 Å². The van der Waals surface area contributed by atoms with Gasteiger partial charge < -0.3 is 34.8 Å². The molecule has 2 aromatic carbocycles. The van der Waals surface area contributed by atoms with Crippen molar-refractivity contribution in [3.63, 3.8) is 0 Å². The van der Waals surface area contributed by atoms with E-state index < -0.39 is 66.1 Å². The lowest BCUT2D eigenvalue weighted by molar-refractivity contribution is -0.345. The molecule has 6 atom stereocenters. The summed E-state index contributed by atoms with van der Waals surface area (Å²) in [5.41, 5.74) is 0.473. The van der Waals surface area contributed by atoms with Crippen LogP contribution < -0.4 is 10.1 Å². The van der Waals surface area contributed by atoms with Gasteiger partial charge >= 0.3 is 0 Å². The Morgan fingerprint density at radius 2 is 1.98 bits per heavy atom. The summed E-state index contributed by atoms with van der Waals surface area (Å²) >= 11 is 0. The van der Waals surface area contributed by atoms with E-state index >= 15 is 0 Å². The highest BCUT2D eigenvalue weighted by Crippen LogP contribution is 2.43. The number of carbonyl (C=O) groups is 1. The first kappa shape index (κ1) is 28.0. The van der Waals surface area contributed by atoms with E-state index in [1.54, 1.807) is 24.3 Å². The summed E-state index contributed by atoms with van der Waals surface area (Å²) < 4.78 is 58.9. The van der Waals surface area contributed by atoms with E-state index in [1.807, 2.05) is 0 Å². The summed E-state index contributed by atoms with van der Waals surface area (Å²) in [6.45, 7) is -0.589. The molecule has 3 aromatic rings. The molecule has 2 aliphatic heterocycles. The van der Waals surface area contributed by atoms with Gasteiger partial charge in [0.05, 0.1) is 39.0 Å². The Morgan fingerprint density at radius 3 is 2.67 bits per heavy atom. The summed E-state index contributed by atoms with van der Waals surface area (Å²) in [5.74, 6) is -6.19. The molecule has 14 heteroatoms. The number of rotatable bonds is 7. The Bertz CT molecular complexity index is 1370. The molecule has 1 amide bonds. The topological polar surface area (TPSA) is 148 Å². The lowest BCUT2D eigenvalue weighted by Gasteiger charge is -2.49. The van der Waals surface area contributed by atoms with Crippen LogP contribution in [0.15, 0.2) is 42.6 Å². The molecule has 1 spiro atoms. The van der Waals surface area contributed by atoms with E-state index in [0.29, 0.717) is 11.3 Å². The second-order valence-corrected chi connectivity index (χ2v) is 9.61. The van der Waals surface area contributed by atoms with E-state index in [2.05, 4.69) is 15.6 Å². The molecule has 0 aliphatic carbocycles. The van der Waals surface area contributed by atoms with Crippen molar-refractivity contribution in [2.45, 2.75) is 49.0 Å². The predicted octanol–water partition coefficient (Wildman–Crippen LogP) is 0.869. The van der Waals surface area contributed by atoms with Crippen LogP contribution in [-0.4, -0.2) is 86.7 Å². The van der Waals surface area contributed by atoms with Gasteiger partial charge in [-0.25, -0.2) is 17.9 Å². The number of methoxy groups -OCH3 is 1. The Kier molecular flexibility index (Phi) is 7.79. The van der Waals surface area contributed by atoms with Crippen molar-refractivity contribution < 1.29 is 47.5 Å². The molecule has 0 bridgehead atoms. The monoisotopic (exact) mass is 564 g/mol. The maximum Gasteiger partial charge on any atom is 0.224 e. The molecule has 1 aromatic heterocycles. The number of nitrogens with one attached hydrogen (secondary N) is 1. The SMILES string of the molecule is COc1cccc(CC(=O)N[C@@H]2CCO[C@]23O[C@H](CO)[C@H](O)[C@H](n2cc(-c4cc(F)c(F)c(F)c4)nn2)[C@H]3O)c1. The van der Waals surface area contributed by atoms with Gasteiger partial charge in [-0.2, -0.15) is 0 Å². The van der Waals surface area contributed by atoms with Gasteiger partial charge in [-0.1, -0.05) is 17.3 Å². The van der Waals surface area contributed by atoms with E-state index in [1.165, 1.54) is 13.3 Å². The van der Waals surface area contributed by atoms with E-state index in [-0.39, 0.29) is 30.7 Å². The second-order valence-electron chi connectivity index (χ2n) is 9.61. The number of aliphatic hydroxyl groups is 3. The minimum absolute atomic E-state index is 0.00736. The first-order valence-corrected chi connectivity index (χ1v) is 12.4. The van der Waals surface area contributed by atoms with E-state index in [4.69, 9.17) is 14.2 Å². The van der Waals surface area contributed by atoms with Crippen LogP contribution in [0.1, 0.15) is 18.0 Å². The highest BCUT2D eigenvalue weighted by Gasteiger charge is 2.62. The summed E-state index contributed by atoms with van der Waals surface area (Å²) in [7, 11) is 1.51. The standard InChI is InChI=1S/C26H27F3N4O7/c1-38-15-4-2-3-13(7-15)8-21(35)30-20-5-6-39-26(20)25(37)23(24(36)19(12-34)40-26)33-11-18(31-32-33)14-9-16(27)22(29)17(28)10-14/h2-4,7,9-11,19-20,23-25,34,36-37H,5-6,8,12H2,1H3,(H,30,35)/t19-,20-,23+,24+,25-,26+/m1/s1. The van der Waals surface area contributed by atoms with Gasteiger partial charge in [0, 0.05) is 5.56 Å². The molecule has 11 nitrogen and oxygen atoms in total. The molecule has 5 rings (SSSR count). The van der Waals surface area contributed by atoms with Gasteiger partial charge in [-0.3, -0.25) is 4.79 Å². The molecular formula is C26H27F3N4O7. The maximum atomic E-state index is 13.8. The molecule has 2 saturated heterocycles. The van der Waals surface area contributed by atoms with Crippen LogP contribution in [-0.2, 0) is 20.7 Å². The average Bonchev–Trinajstić information content (AvgIpc) is 3.57. The van der Waals surface area contributed by atoms with Crippen molar-refractivity contribution in [1.29, 1.82) is 0 Å². The van der Waals surface area contributed by atoms with Crippen molar-refractivity contribution >= 4 is 5.91 Å². The third kappa shape index (κ3) is 5.04. The van der Waals surface area contributed by atoms with Crippen LogP contribution >= 0.6 is 0 Å². The zero-order valence-corrected chi connectivity index (χ0v) is 21.2. The molecule has 2 fully saturated rings. The number of aliphatic hydroxyl groups excluding tert-OH is 3. The number of hydrogen-bond donors (Lipinski definition) is 4. The fraction of sp³-hybridized carbons (Fsp3) is 0.423. The van der Waals surface area contributed by atoms with Crippen LogP contribution in [0.2, 0.25) is 0 Å². The summed E-state index contributed by atoms with van der Waals surface area (Å²) in [5, 5.41) is 43.0. The van der Waals surface area contributed by atoms with Gasteiger partial charge in [0.15, 0.2) is 17.5 Å². The zero-order valence-electron chi connectivity index (χ0n) is 21.2. The Hall–Kier alpha value is -3.56. The minimum atomic E-state index is -1.87. The van der Waals surface area contributed by atoms with Crippen molar-refractivity contribution in [2.24, 2.45) is 0 Å². The maximum absolute atomic E-state index is 13.8. The summed E-state index contributed by atoms with van der Waals surface area (Å²) in [6, 6.07) is 6.21. The van der Waals surface area contributed by atoms with Gasteiger partial charge in [-0.05, 0) is 36.2 Å². The molecule has 4 N–H and O–H groups in total. The third-order valence-electron chi connectivity index (χ3n) is 7.13. The van der Waals surface area contributed by atoms with Gasteiger partial charge in [-0.15, -0.1) is 5.10 Å². The average molecular weight is 565 g/mol. The number of halogens is 3. The third-order valence-corrected chi connectivity index (χ3v) is 7.13. The van der Waals surface area contributed by atoms with Gasteiger partial charge in [0.25, 0.3) is 0 Å². The number of carbonyl (C=O) groups excluding carboxylic acids is 1. The quantitative estimate of drug-likeness (QED) is 0.307. The first-order valence-electron chi connectivity index (χ1n) is 12.4. The van der Waals surface area contributed by atoms with Crippen LogP contribution in [0.4, 0.5) is 13.2 Å². The molecule has 40 heavy (non-hydrogen) atoms. The number of benzene rings is 2. The van der Waals surface area contributed by atoms with E-state index in [9.17, 15) is 33.3 Å².